The minimum Gasteiger partial charge on any atom is -0.271 e. The normalized spacial score (nSPS) is 13.9. The molecule has 0 aliphatic carbocycles. The van der Waals surface area contributed by atoms with Crippen molar-refractivity contribution in [1.29, 1.82) is 0 Å². The maximum Gasteiger partial charge on any atom is 0.443 e. The monoisotopic (exact) mass is 279 g/mol. The second-order valence-electron chi connectivity index (χ2n) is 3.22. The fourth-order valence-electron chi connectivity index (χ4n) is 1.33. The summed E-state index contributed by atoms with van der Waals surface area (Å²) in [5, 5.41) is 2.81. The van der Waals surface area contributed by atoms with Gasteiger partial charge in [-0.3, -0.25) is 5.84 Å². The van der Waals surface area contributed by atoms with Crippen LogP contribution in [0, 0.1) is 0 Å². The molecule has 0 fully saturated rings. The number of hydrogen-bond acceptors (Lipinski definition) is 5. The number of rotatable bonds is 3. The van der Waals surface area contributed by atoms with Gasteiger partial charge in [-0.2, -0.15) is 24.5 Å². The number of halogens is 3. The van der Waals surface area contributed by atoms with Crippen LogP contribution in [0.5, 0.6) is 0 Å². The Hall–Kier alpha value is -0.960. The number of nitrogens with one attached hydrogen (secondary N) is 1. The molecule has 0 amide bonds. The number of thiazole rings is 1. The summed E-state index contributed by atoms with van der Waals surface area (Å²) in [5.41, 5.74) is 3.32. The first-order chi connectivity index (χ1) is 8.02. The molecule has 92 valence electrons. The van der Waals surface area contributed by atoms with E-state index in [1.165, 1.54) is 17.5 Å². The third-order valence-electron chi connectivity index (χ3n) is 2.09. The zero-order valence-corrected chi connectivity index (χ0v) is 9.99. The molecular formula is C9H8F3N3S2. The molecule has 0 spiro atoms. The molecule has 2 aromatic heterocycles. The first-order valence-corrected chi connectivity index (χ1v) is 6.29. The van der Waals surface area contributed by atoms with Crippen LogP contribution in [0.2, 0.25) is 0 Å². The van der Waals surface area contributed by atoms with Crippen molar-refractivity contribution < 1.29 is 13.2 Å². The highest BCUT2D eigenvalue weighted by Crippen LogP contribution is 2.35. The Morgan fingerprint density at radius 3 is 2.65 bits per heavy atom. The van der Waals surface area contributed by atoms with Crippen molar-refractivity contribution in [1.82, 2.24) is 10.4 Å². The summed E-state index contributed by atoms with van der Waals surface area (Å²) in [7, 11) is 0. The summed E-state index contributed by atoms with van der Waals surface area (Å²) in [6.07, 6.45) is -3.20. The van der Waals surface area contributed by atoms with Crippen molar-refractivity contribution in [2.75, 3.05) is 0 Å². The SMILES string of the molecule is NNC(c1ccsc1)c1cnc(C(F)(F)F)s1. The van der Waals surface area contributed by atoms with Crippen LogP contribution in [-0.2, 0) is 6.18 Å². The molecule has 2 aromatic rings. The zero-order valence-electron chi connectivity index (χ0n) is 8.36. The van der Waals surface area contributed by atoms with E-state index in [0.717, 1.165) is 5.56 Å². The largest absolute Gasteiger partial charge is 0.443 e. The Labute approximate surface area is 103 Å². The lowest BCUT2D eigenvalue weighted by atomic mass is 10.1. The first-order valence-electron chi connectivity index (χ1n) is 4.53. The number of aromatic nitrogens is 1. The maximum atomic E-state index is 12.4. The standard InChI is InChI=1S/C9H8F3N3S2/c10-9(11,12)8-14-3-6(17-8)7(15-13)5-1-2-16-4-5/h1-4,7,15H,13H2. The molecule has 17 heavy (non-hydrogen) atoms. The van der Waals surface area contributed by atoms with Crippen molar-refractivity contribution in [2.24, 2.45) is 5.84 Å². The molecule has 8 heteroatoms. The van der Waals surface area contributed by atoms with Crippen LogP contribution in [0.25, 0.3) is 0 Å². The van der Waals surface area contributed by atoms with E-state index >= 15 is 0 Å². The summed E-state index contributed by atoms with van der Waals surface area (Å²) < 4.78 is 37.2. The summed E-state index contributed by atoms with van der Waals surface area (Å²) in [6.45, 7) is 0. The Balaban J connectivity index is 2.30. The number of thiophene rings is 1. The van der Waals surface area contributed by atoms with Crippen molar-refractivity contribution in [2.45, 2.75) is 12.2 Å². The lowest BCUT2D eigenvalue weighted by Crippen LogP contribution is -2.27. The number of nitrogens with zero attached hydrogens (tertiary/aromatic N) is 1. The number of alkyl halides is 3. The summed E-state index contributed by atoms with van der Waals surface area (Å²) >= 11 is 2.05. The molecule has 0 aliphatic rings. The van der Waals surface area contributed by atoms with E-state index in [0.29, 0.717) is 16.2 Å². The average Bonchev–Trinajstić information content (AvgIpc) is 2.87. The number of nitrogens with two attached hydrogens (primary N) is 1. The van der Waals surface area contributed by atoms with Crippen LogP contribution >= 0.6 is 22.7 Å². The van der Waals surface area contributed by atoms with E-state index < -0.39 is 17.2 Å². The molecule has 0 radical (unpaired) electrons. The Morgan fingerprint density at radius 1 is 1.41 bits per heavy atom. The molecule has 2 heterocycles. The minimum atomic E-state index is -4.41. The lowest BCUT2D eigenvalue weighted by Gasteiger charge is -2.11. The van der Waals surface area contributed by atoms with E-state index in [1.54, 1.807) is 0 Å². The van der Waals surface area contributed by atoms with Gasteiger partial charge in [0.1, 0.15) is 0 Å². The van der Waals surface area contributed by atoms with E-state index in [4.69, 9.17) is 5.84 Å². The van der Waals surface area contributed by atoms with Crippen molar-refractivity contribution >= 4 is 22.7 Å². The Kier molecular flexibility index (Phi) is 3.48. The fourth-order valence-corrected chi connectivity index (χ4v) is 2.89. The summed E-state index contributed by atoms with van der Waals surface area (Å²) in [5.74, 6) is 5.37. The summed E-state index contributed by atoms with van der Waals surface area (Å²) in [6, 6.07) is 1.36. The van der Waals surface area contributed by atoms with Gasteiger partial charge in [0.2, 0.25) is 0 Å². The van der Waals surface area contributed by atoms with Gasteiger partial charge in [-0.05, 0) is 22.4 Å². The zero-order chi connectivity index (χ0) is 12.5. The molecule has 0 saturated heterocycles. The predicted molar refractivity (Wildman–Crippen MR) is 60.6 cm³/mol. The quantitative estimate of drug-likeness (QED) is 0.671. The van der Waals surface area contributed by atoms with Gasteiger partial charge in [-0.25, -0.2) is 10.4 Å². The highest BCUT2D eigenvalue weighted by atomic mass is 32.1. The van der Waals surface area contributed by atoms with E-state index in [1.807, 2.05) is 16.8 Å². The van der Waals surface area contributed by atoms with Gasteiger partial charge in [0.25, 0.3) is 0 Å². The van der Waals surface area contributed by atoms with Crippen molar-refractivity contribution in [3.05, 3.63) is 38.5 Å². The first kappa shape index (κ1) is 12.5. The second kappa shape index (κ2) is 4.73. The van der Waals surface area contributed by atoms with Crippen LogP contribution in [0.15, 0.2) is 23.0 Å². The molecule has 0 bridgehead atoms. The lowest BCUT2D eigenvalue weighted by molar-refractivity contribution is -0.137. The van der Waals surface area contributed by atoms with Gasteiger partial charge in [0.15, 0.2) is 5.01 Å². The van der Waals surface area contributed by atoms with Crippen LogP contribution in [0.4, 0.5) is 13.2 Å². The molecule has 3 nitrogen and oxygen atoms in total. The topological polar surface area (TPSA) is 50.9 Å². The second-order valence-corrected chi connectivity index (χ2v) is 5.06. The van der Waals surface area contributed by atoms with Crippen LogP contribution in [0.1, 0.15) is 21.5 Å². The Morgan fingerprint density at radius 2 is 2.18 bits per heavy atom. The number of hydrogen-bond donors (Lipinski definition) is 2. The third-order valence-corrected chi connectivity index (χ3v) is 3.90. The molecule has 3 N–H and O–H groups in total. The van der Waals surface area contributed by atoms with Gasteiger partial charge in [-0.1, -0.05) is 0 Å². The fraction of sp³-hybridized carbons (Fsp3) is 0.222. The number of hydrazine groups is 1. The van der Waals surface area contributed by atoms with Crippen LogP contribution in [-0.4, -0.2) is 4.98 Å². The van der Waals surface area contributed by atoms with E-state index in [9.17, 15) is 13.2 Å². The molecule has 0 aliphatic heterocycles. The Bertz CT molecular complexity index is 478. The van der Waals surface area contributed by atoms with Crippen molar-refractivity contribution in [3.8, 4) is 0 Å². The van der Waals surface area contributed by atoms with Gasteiger partial charge >= 0.3 is 6.18 Å². The van der Waals surface area contributed by atoms with E-state index in [-0.39, 0.29) is 0 Å². The average molecular weight is 279 g/mol. The van der Waals surface area contributed by atoms with Gasteiger partial charge in [-0.15, -0.1) is 11.3 Å². The van der Waals surface area contributed by atoms with Crippen LogP contribution < -0.4 is 11.3 Å². The molecule has 0 aromatic carbocycles. The molecule has 0 saturated carbocycles. The highest BCUT2D eigenvalue weighted by Gasteiger charge is 2.35. The molecule has 2 rings (SSSR count). The van der Waals surface area contributed by atoms with Gasteiger partial charge < -0.3 is 0 Å². The van der Waals surface area contributed by atoms with E-state index in [2.05, 4.69) is 10.4 Å². The summed E-state index contributed by atoms with van der Waals surface area (Å²) in [4.78, 5) is 3.81. The third kappa shape index (κ3) is 2.65. The minimum absolute atomic E-state index is 0.443. The highest BCUT2D eigenvalue weighted by molar-refractivity contribution is 7.11. The van der Waals surface area contributed by atoms with Crippen LogP contribution in [0.3, 0.4) is 0 Å². The van der Waals surface area contributed by atoms with Crippen molar-refractivity contribution in [3.63, 3.8) is 0 Å². The molecule has 1 unspecified atom stereocenters. The van der Waals surface area contributed by atoms with Gasteiger partial charge in [0.05, 0.1) is 6.04 Å². The predicted octanol–water partition coefficient (Wildman–Crippen LogP) is 2.78. The molecule has 1 atom stereocenters. The molecular weight excluding hydrogens is 271 g/mol. The smallest absolute Gasteiger partial charge is 0.271 e. The maximum absolute atomic E-state index is 12.4. The van der Waals surface area contributed by atoms with Gasteiger partial charge in [0, 0.05) is 11.1 Å².